The fraction of sp³-hybridized carbons (Fsp3) is 0.654. The molecule has 1 aromatic heterocycles. The molecule has 9 heteroatoms. The average Bonchev–Trinajstić information content (AvgIpc) is 3.32. The van der Waals surface area contributed by atoms with Gasteiger partial charge < -0.3 is 15.3 Å². The van der Waals surface area contributed by atoms with E-state index >= 15 is 0 Å². The maximum absolute atomic E-state index is 13.6. The van der Waals surface area contributed by atoms with Gasteiger partial charge in [0.15, 0.2) is 5.82 Å². The van der Waals surface area contributed by atoms with Crippen LogP contribution in [0.25, 0.3) is 0 Å². The van der Waals surface area contributed by atoms with E-state index in [0.717, 1.165) is 56.9 Å². The number of carbonyl (C=O) groups excluding carboxylic acids is 1. The second-order valence-electron chi connectivity index (χ2n) is 10.0. The molecule has 2 aliphatic rings. The Labute approximate surface area is 207 Å². The van der Waals surface area contributed by atoms with Crippen LogP contribution in [0, 0.1) is 5.92 Å². The third kappa shape index (κ3) is 7.26. The highest BCUT2D eigenvalue weighted by molar-refractivity contribution is 5.76. The molecule has 0 aliphatic heterocycles. The van der Waals surface area contributed by atoms with E-state index in [0.29, 0.717) is 37.7 Å². The monoisotopic (exact) mass is 482 g/mol. The number of aromatic nitrogens is 4. The van der Waals surface area contributed by atoms with Crippen molar-refractivity contribution in [3.63, 3.8) is 0 Å². The molecule has 2 amide bonds. The summed E-state index contributed by atoms with van der Waals surface area (Å²) in [4.78, 5) is 27.0. The zero-order chi connectivity index (χ0) is 24.5. The minimum Gasteiger partial charge on any atom is -0.465 e. The van der Waals surface area contributed by atoms with Crippen LogP contribution in [0.2, 0.25) is 0 Å². The molecule has 1 heterocycles. The predicted molar refractivity (Wildman–Crippen MR) is 132 cm³/mol. The molecule has 190 valence electrons. The molecule has 2 fully saturated rings. The number of carbonyl (C=O) groups is 2. The summed E-state index contributed by atoms with van der Waals surface area (Å²) in [5.74, 6) is 1.06. The third-order valence-electron chi connectivity index (χ3n) is 7.63. The van der Waals surface area contributed by atoms with Crippen molar-refractivity contribution in [2.24, 2.45) is 5.92 Å². The number of hydrogen-bond donors (Lipinski definition) is 2. The summed E-state index contributed by atoms with van der Waals surface area (Å²) in [5.41, 5.74) is 1.10. The number of hydrogen-bond acceptors (Lipinski definition) is 5. The summed E-state index contributed by atoms with van der Waals surface area (Å²) in [5, 5.41) is 24.4. The van der Waals surface area contributed by atoms with Crippen molar-refractivity contribution < 1.29 is 14.7 Å². The zero-order valence-corrected chi connectivity index (χ0v) is 20.5. The average molecular weight is 483 g/mol. The van der Waals surface area contributed by atoms with Gasteiger partial charge in [-0.15, -0.1) is 5.10 Å². The molecule has 0 radical (unpaired) electrons. The number of carboxylic acid groups (broad SMARTS) is 1. The van der Waals surface area contributed by atoms with Gasteiger partial charge in [-0.2, -0.15) is 0 Å². The van der Waals surface area contributed by atoms with Crippen LogP contribution < -0.4 is 5.32 Å². The largest absolute Gasteiger partial charge is 0.465 e. The summed E-state index contributed by atoms with van der Waals surface area (Å²) >= 11 is 0. The first-order valence-corrected chi connectivity index (χ1v) is 13.2. The van der Waals surface area contributed by atoms with Gasteiger partial charge in [-0.3, -0.25) is 4.79 Å². The van der Waals surface area contributed by atoms with Crippen molar-refractivity contribution >= 4 is 12.0 Å². The molecular weight excluding hydrogens is 444 g/mol. The molecule has 9 nitrogen and oxygen atoms in total. The fourth-order valence-electron chi connectivity index (χ4n) is 5.73. The second kappa shape index (κ2) is 12.7. The first-order valence-electron chi connectivity index (χ1n) is 13.2. The van der Waals surface area contributed by atoms with E-state index in [2.05, 4.69) is 20.8 Å². The van der Waals surface area contributed by atoms with Gasteiger partial charge >= 0.3 is 6.09 Å². The summed E-state index contributed by atoms with van der Waals surface area (Å²) in [6, 6.07) is 10.0. The molecule has 0 bridgehead atoms. The van der Waals surface area contributed by atoms with Crippen LogP contribution in [0.1, 0.15) is 88.4 Å². The van der Waals surface area contributed by atoms with Gasteiger partial charge in [0.1, 0.15) is 0 Å². The van der Waals surface area contributed by atoms with Crippen LogP contribution in [-0.2, 0) is 17.9 Å². The van der Waals surface area contributed by atoms with Gasteiger partial charge in [0.2, 0.25) is 5.91 Å². The van der Waals surface area contributed by atoms with E-state index in [1.54, 1.807) is 4.68 Å². The van der Waals surface area contributed by atoms with Crippen LogP contribution in [0.4, 0.5) is 4.79 Å². The van der Waals surface area contributed by atoms with Gasteiger partial charge in [0.25, 0.3) is 0 Å². The molecule has 1 unspecified atom stereocenters. The van der Waals surface area contributed by atoms with Gasteiger partial charge in [-0.1, -0.05) is 68.9 Å². The smallest absolute Gasteiger partial charge is 0.404 e. The van der Waals surface area contributed by atoms with Crippen LogP contribution in [0.15, 0.2) is 30.3 Å². The van der Waals surface area contributed by atoms with Crippen LogP contribution in [-0.4, -0.2) is 54.3 Å². The summed E-state index contributed by atoms with van der Waals surface area (Å²) < 4.78 is 1.77. The minimum atomic E-state index is -1.00. The summed E-state index contributed by atoms with van der Waals surface area (Å²) in [6.07, 6.45) is 10.8. The number of nitrogens with zero attached hydrogens (tertiary/aromatic N) is 5. The predicted octanol–water partition coefficient (Wildman–Crippen LogP) is 4.38. The van der Waals surface area contributed by atoms with E-state index in [1.165, 1.54) is 12.8 Å². The van der Waals surface area contributed by atoms with Gasteiger partial charge in [-0.25, -0.2) is 9.48 Å². The van der Waals surface area contributed by atoms with Gasteiger partial charge in [-0.05, 0) is 54.0 Å². The minimum absolute atomic E-state index is 0.0687. The van der Waals surface area contributed by atoms with E-state index < -0.39 is 6.09 Å². The quantitative estimate of drug-likeness (QED) is 0.520. The van der Waals surface area contributed by atoms with Crippen LogP contribution >= 0.6 is 0 Å². The van der Waals surface area contributed by atoms with Crippen LogP contribution in [0.5, 0.6) is 0 Å². The molecule has 35 heavy (non-hydrogen) atoms. The lowest BCUT2D eigenvalue weighted by Crippen LogP contribution is -2.44. The highest BCUT2D eigenvalue weighted by Gasteiger charge is 2.30. The third-order valence-corrected chi connectivity index (χ3v) is 7.63. The normalized spacial score (nSPS) is 18.2. The van der Waals surface area contributed by atoms with Gasteiger partial charge in [0.05, 0.1) is 13.1 Å². The highest BCUT2D eigenvalue weighted by atomic mass is 16.4. The number of amides is 2. The Morgan fingerprint density at radius 3 is 2.40 bits per heavy atom. The van der Waals surface area contributed by atoms with Gasteiger partial charge in [0, 0.05) is 18.5 Å². The molecule has 4 rings (SSSR count). The van der Waals surface area contributed by atoms with Crippen molar-refractivity contribution in [1.82, 2.24) is 30.4 Å². The van der Waals surface area contributed by atoms with Crippen LogP contribution in [0.3, 0.4) is 0 Å². The Morgan fingerprint density at radius 1 is 1.03 bits per heavy atom. The van der Waals surface area contributed by atoms with Crippen molar-refractivity contribution in [3.8, 4) is 0 Å². The Kier molecular flexibility index (Phi) is 9.08. The lowest BCUT2D eigenvalue weighted by molar-refractivity contribution is -0.135. The topological polar surface area (TPSA) is 113 Å². The SMILES string of the molecule is O=C(O)NC(CCC(=O)N(Cc1nnnn1Cc1ccccc1)C1CCCCC1)C1CCCCC1. The molecule has 2 aliphatic carbocycles. The lowest BCUT2D eigenvalue weighted by Gasteiger charge is -2.35. The molecule has 0 spiro atoms. The Hall–Kier alpha value is -2.97. The van der Waals surface area contributed by atoms with E-state index in [9.17, 15) is 14.7 Å². The first kappa shape index (κ1) is 25.1. The second-order valence-corrected chi connectivity index (χ2v) is 10.0. The van der Waals surface area contributed by atoms with E-state index in [4.69, 9.17) is 0 Å². The molecule has 1 aromatic carbocycles. The summed E-state index contributed by atoms with van der Waals surface area (Å²) in [7, 11) is 0. The van der Waals surface area contributed by atoms with Crippen molar-refractivity contribution in [2.75, 3.05) is 0 Å². The number of nitrogens with one attached hydrogen (secondary N) is 1. The maximum atomic E-state index is 13.6. The highest BCUT2D eigenvalue weighted by Crippen LogP contribution is 2.29. The molecular formula is C26H38N6O3. The van der Waals surface area contributed by atoms with Crippen molar-refractivity contribution in [3.05, 3.63) is 41.7 Å². The van der Waals surface area contributed by atoms with Crippen molar-refractivity contribution in [1.29, 1.82) is 0 Å². The van der Waals surface area contributed by atoms with E-state index in [-0.39, 0.29) is 18.0 Å². The van der Waals surface area contributed by atoms with E-state index in [1.807, 2.05) is 35.2 Å². The molecule has 2 saturated carbocycles. The molecule has 2 aromatic rings. The first-order chi connectivity index (χ1) is 17.1. The lowest BCUT2D eigenvalue weighted by atomic mass is 9.82. The fourth-order valence-corrected chi connectivity index (χ4v) is 5.73. The number of benzene rings is 1. The molecule has 2 N–H and O–H groups in total. The Balaban J connectivity index is 1.45. The summed E-state index contributed by atoms with van der Waals surface area (Å²) in [6.45, 7) is 0.936. The molecule has 1 atom stereocenters. The standard InChI is InChI=1S/C26H38N6O3/c33-25(17-16-23(27-26(34)35)21-12-6-2-7-13-21)31(22-14-8-3-9-15-22)19-24-28-29-30-32(24)18-20-10-4-1-5-11-20/h1,4-5,10-11,21-23,27H,2-3,6-9,12-19H2,(H,34,35). The maximum Gasteiger partial charge on any atom is 0.404 e. The zero-order valence-electron chi connectivity index (χ0n) is 20.5. The Bertz CT molecular complexity index is 938. The number of tetrazole rings is 1. The van der Waals surface area contributed by atoms with Crippen molar-refractivity contribution in [2.45, 2.75) is 102 Å². The Morgan fingerprint density at radius 2 is 1.71 bits per heavy atom. The number of rotatable bonds is 10. The molecule has 0 saturated heterocycles.